The number of hydrogen-bond donors (Lipinski definition) is 5. The minimum Gasteiger partial charge on any atom is -0.507 e. The third-order valence-electron chi connectivity index (χ3n) is 5.76. The summed E-state index contributed by atoms with van der Waals surface area (Å²) in [5.41, 5.74) is 1.61. The maximum atomic E-state index is 12.8. The number of pyridine rings is 2. The van der Waals surface area contributed by atoms with E-state index in [1.807, 2.05) is 6.92 Å². The fraction of sp³-hybridized carbons (Fsp3) is 0.250. The summed E-state index contributed by atoms with van der Waals surface area (Å²) < 4.78 is 5.81. The summed E-state index contributed by atoms with van der Waals surface area (Å²) in [5, 5.41) is 32.8. The topological polar surface area (TPSA) is 205 Å². The van der Waals surface area contributed by atoms with Crippen molar-refractivity contribution >= 4 is 35.4 Å². The van der Waals surface area contributed by atoms with Crippen molar-refractivity contribution < 1.29 is 44.0 Å². The lowest BCUT2D eigenvalue weighted by atomic mass is 10.0. The highest BCUT2D eigenvalue weighted by molar-refractivity contribution is 6.02. The van der Waals surface area contributed by atoms with Gasteiger partial charge in [0.2, 0.25) is 5.91 Å². The van der Waals surface area contributed by atoms with Crippen molar-refractivity contribution in [2.24, 2.45) is 0 Å². The van der Waals surface area contributed by atoms with Crippen LogP contribution in [0.3, 0.4) is 0 Å². The number of anilines is 1. The minimum atomic E-state index is -1.59. The van der Waals surface area contributed by atoms with Gasteiger partial charge in [-0.25, -0.2) is 14.8 Å². The van der Waals surface area contributed by atoms with Gasteiger partial charge in [0, 0.05) is 6.07 Å². The number of carbonyl (C=O) groups excluding carboxylic acids is 3. The summed E-state index contributed by atoms with van der Waals surface area (Å²) in [6.45, 7) is 3.22. The Morgan fingerprint density at radius 1 is 0.976 bits per heavy atom. The van der Waals surface area contributed by atoms with Gasteiger partial charge in [0.1, 0.15) is 35.7 Å². The molecule has 214 valence electrons. The molecule has 0 aliphatic carbocycles. The molecule has 2 amide bonds. The van der Waals surface area contributed by atoms with Crippen LogP contribution in [-0.4, -0.2) is 60.9 Å². The fourth-order valence-electron chi connectivity index (χ4n) is 3.76. The monoisotopic (exact) mass is 564 g/mol. The molecule has 0 radical (unpaired) electrons. The van der Waals surface area contributed by atoms with Crippen LogP contribution in [0.15, 0.2) is 48.5 Å². The normalized spacial score (nSPS) is 11.3. The van der Waals surface area contributed by atoms with E-state index in [9.17, 15) is 29.1 Å². The number of phenolic OH excluding ortho intramolecular Hbond substituents is 1. The number of hydrogen-bond acceptors (Lipinski definition) is 9. The van der Waals surface area contributed by atoms with Gasteiger partial charge in [-0.15, -0.1) is 0 Å². The number of ketones is 1. The van der Waals surface area contributed by atoms with E-state index in [-0.39, 0.29) is 47.3 Å². The number of benzene rings is 1. The molecule has 3 rings (SSSR count). The number of aryl methyl sites for hydroxylation is 1. The standard InChI is InChI=1S/C28H28N4O9/c1-3-16-10-19(15(2)33)22(34)13-23(16)41-14-18-7-4-8-20(29-18)27(38)32-24-9-5-6-17(30-24)11-25(35)31-21(28(39)40)12-26(36)37/h4-10,13,21,34H,3,11-12,14H2,1-2H3,(H,31,35)(H,36,37)(H,39,40)(H,30,32,38). The summed E-state index contributed by atoms with van der Waals surface area (Å²) >= 11 is 0. The second kappa shape index (κ2) is 13.6. The molecule has 1 aromatic carbocycles. The van der Waals surface area contributed by atoms with Crippen molar-refractivity contribution in [2.45, 2.75) is 45.8 Å². The number of aromatic nitrogens is 2. The largest absolute Gasteiger partial charge is 0.507 e. The lowest BCUT2D eigenvalue weighted by molar-refractivity contribution is -0.147. The van der Waals surface area contributed by atoms with Gasteiger partial charge in [-0.3, -0.25) is 19.2 Å². The summed E-state index contributed by atoms with van der Waals surface area (Å²) in [7, 11) is 0. The van der Waals surface area contributed by atoms with E-state index in [1.54, 1.807) is 18.2 Å². The van der Waals surface area contributed by atoms with Crippen molar-refractivity contribution in [3.63, 3.8) is 0 Å². The van der Waals surface area contributed by atoms with Gasteiger partial charge >= 0.3 is 11.9 Å². The SMILES string of the molecule is CCc1cc(C(C)=O)c(O)cc1OCc1cccc(C(=O)Nc2cccc(CC(=O)NC(CC(=O)O)C(=O)O)n2)n1. The lowest BCUT2D eigenvalue weighted by Gasteiger charge is -2.13. The Hall–Kier alpha value is -5.33. The minimum absolute atomic E-state index is 0.0188. The molecule has 0 spiro atoms. The number of amides is 2. The Bertz CT molecular complexity index is 1490. The third kappa shape index (κ3) is 8.58. The van der Waals surface area contributed by atoms with Crippen molar-refractivity contribution in [1.82, 2.24) is 15.3 Å². The maximum Gasteiger partial charge on any atom is 0.326 e. The van der Waals surface area contributed by atoms with E-state index in [0.717, 1.165) is 5.56 Å². The number of nitrogens with one attached hydrogen (secondary N) is 2. The predicted molar refractivity (Wildman–Crippen MR) is 144 cm³/mol. The molecule has 1 atom stereocenters. The molecule has 1 unspecified atom stereocenters. The first kappa shape index (κ1) is 30.2. The molecular formula is C28H28N4O9. The van der Waals surface area contributed by atoms with E-state index >= 15 is 0 Å². The second-order valence-electron chi connectivity index (χ2n) is 8.89. The Morgan fingerprint density at radius 3 is 2.34 bits per heavy atom. The number of aliphatic carboxylic acids is 2. The van der Waals surface area contributed by atoms with E-state index < -0.39 is 36.2 Å². The highest BCUT2D eigenvalue weighted by Crippen LogP contribution is 2.29. The van der Waals surface area contributed by atoms with Crippen LogP contribution in [0.2, 0.25) is 0 Å². The lowest BCUT2D eigenvalue weighted by Crippen LogP contribution is -2.42. The number of carbonyl (C=O) groups is 5. The molecule has 2 heterocycles. The quantitative estimate of drug-likeness (QED) is 0.191. The summed E-state index contributed by atoms with van der Waals surface area (Å²) in [6, 6.07) is 10.6. The van der Waals surface area contributed by atoms with Crippen LogP contribution >= 0.6 is 0 Å². The van der Waals surface area contributed by atoms with Crippen LogP contribution < -0.4 is 15.4 Å². The fourth-order valence-corrected chi connectivity index (χ4v) is 3.76. The van der Waals surface area contributed by atoms with Crippen LogP contribution in [0.1, 0.15) is 58.1 Å². The Balaban J connectivity index is 1.65. The molecule has 3 aromatic rings. The highest BCUT2D eigenvalue weighted by Gasteiger charge is 2.23. The van der Waals surface area contributed by atoms with Gasteiger partial charge in [-0.1, -0.05) is 19.1 Å². The van der Waals surface area contributed by atoms with Crippen LogP contribution in [0.5, 0.6) is 11.5 Å². The summed E-state index contributed by atoms with van der Waals surface area (Å²) in [4.78, 5) is 67.2. The molecule has 0 bridgehead atoms. The van der Waals surface area contributed by atoms with E-state index in [2.05, 4.69) is 20.6 Å². The summed E-state index contributed by atoms with van der Waals surface area (Å²) in [6.07, 6.45) is -0.571. The molecule has 0 aliphatic rings. The number of ether oxygens (including phenoxy) is 1. The zero-order valence-electron chi connectivity index (χ0n) is 22.2. The number of rotatable bonds is 13. The average Bonchev–Trinajstić information content (AvgIpc) is 2.91. The number of Topliss-reactive ketones (excluding diaryl/α,β-unsaturated/α-hetero) is 1. The number of carboxylic acids is 2. The molecule has 0 saturated carbocycles. The molecule has 0 aliphatic heterocycles. The van der Waals surface area contributed by atoms with Gasteiger partial charge in [0.25, 0.3) is 5.91 Å². The number of phenols is 1. The average molecular weight is 565 g/mol. The smallest absolute Gasteiger partial charge is 0.326 e. The molecule has 41 heavy (non-hydrogen) atoms. The first-order valence-corrected chi connectivity index (χ1v) is 12.4. The number of carboxylic acid groups (broad SMARTS) is 2. The van der Waals surface area contributed by atoms with Crippen LogP contribution in [0, 0.1) is 0 Å². The van der Waals surface area contributed by atoms with Crippen molar-refractivity contribution in [2.75, 3.05) is 5.32 Å². The third-order valence-corrected chi connectivity index (χ3v) is 5.76. The molecule has 0 fully saturated rings. The first-order chi connectivity index (χ1) is 19.5. The van der Waals surface area contributed by atoms with Gasteiger partial charge < -0.3 is 30.7 Å². The van der Waals surface area contributed by atoms with Gasteiger partial charge in [0.05, 0.1) is 29.8 Å². The van der Waals surface area contributed by atoms with Crippen LogP contribution in [-0.2, 0) is 33.8 Å². The molecule has 0 saturated heterocycles. The molecule has 2 aromatic heterocycles. The Morgan fingerprint density at radius 2 is 1.68 bits per heavy atom. The van der Waals surface area contributed by atoms with Crippen molar-refractivity contribution in [3.05, 3.63) is 76.7 Å². The highest BCUT2D eigenvalue weighted by atomic mass is 16.5. The van der Waals surface area contributed by atoms with Gasteiger partial charge in [-0.05, 0) is 49.2 Å². The van der Waals surface area contributed by atoms with E-state index in [0.29, 0.717) is 17.9 Å². The summed E-state index contributed by atoms with van der Waals surface area (Å²) in [5.74, 6) is -4.17. The van der Waals surface area contributed by atoms with Crippen molar-refractivity contribution in [3.8, 4) is 11.5 Å². The molecular weight excluding hydrogens is 536 g/mol. The predicted octanol–water partition coefficient (Wildman–Crippen LogP) is 2.37. The van der Waals surface area contributed by atoms with Crippen LogP contribution in [0.4, 0.5) is 5.82 Å². The maximum absolute atomic E-state index is 12.8. The van der Waals surface area contributed by atoms with E-state index in [4.69, 9.17) is 14.9 Å². The second-order valence-corrected chi connectivity index (χ2v) is 8.89. The van der Waals surface area contributed by atoms with Crippen molar-refractivity contribution in [1.29, 1.82) is 0 Å². The van der Waals surface area contributed by atoms with Crippen LogP contribution in [0.25, 0.3) is 0 Å². The van der Waals surface area contributed by atoms with Gasteiger partial charge in [-0.2, -0.15) is 0 Å². The number of nitrogens with zero attached hydrogens (tertiary/aromatic N) is 2. The Kier molecular flexibility index (Phi) is 10.1. The zero-order chi connectivity index (χ0) is 30.1. The number of aromatic hydroxyl groups is 1. The van der Waals surface area contributed by atoms with E-state index in [1.165, 1.54) is 37.3 Å². The molecule has 5 N–H and O–H groups in total. The molecule has 13 nitrogen and oxygen atoms in total. The first-order valence-electron chi connectivity index (χ1n) is 12.4. The molecule has 13 heteroatoms. The zero-order valence-corrected chi connectivity index (χ0v) is 22.2. The Labute approximate surface area is 234 Å². The van der Waals surface area contributed by atoms with Gasteiger partial charge in [0.15, 0.2) is 5.78 Å².